The number of rotatable bonds is 6. The van der Waals surface area contributed by atoms with E-state index in [-0.39, 0.29) is 18.3 Å². The lowest BCUT2D eigenvalue weighted by molar-refractivity contribution is -0.133. The van der Waals surface area contributed by atoms with Gasteiger partial charge in [0.05, 0.1) is 11.4 Å². The Morgan fingerprint density at radius 2 is 1.87 bits per heavy atom. The predicted octanol–water partition coefficient (Wildman–Crippen LogP) is 4.11. The van der Waals surface area contributed by atoms with Crippen molar-refractivity contribution in [2.45, 2.75) is 33.2 Å². The number of thiazole rings is 1. The van der Waals surface area contributed by atoms with Gasteiger partial charge in [0.25, 0.3) is 0 Å². The van der Waals surface area contributed by atoms with Crippen molar-refractivity contribution in [3.05, 3.63) is 58.4 Å². The van der Waals surface area contributed by atoms with Crippen LogP contribution in [0.25, 0.3) is 10.6 Å². The number of aryl methyl sites for hydroxylation is 2. The molecule has 0 radical (unpaired) electrons. The fourth-order valence-corrected chi connectivity index (χ4v) is 4.54. The summed E-state index contributed by atoms with van der Waals surface area (Å²) in [6.45, 7) is 7.98. The first-order valence-corrected chi connectivity index (χ1v) is 10.9. The van der Waals surface area contributed by atoms with Crippen LogP contribution in [0.5, 0.6) is 0 Å². The molecule has 30 heavy (non-hydrogen) atoms. The third-order valence-corrected chi connectivity index (χ3v) is 6.39. The van der Waals surface area contributed by atoms with Gasteiger partial charge >= 0.3 is 0 Å². The van der Waals surface area contributed by atoms with E-state index in [1.807, 2.05) is 36.9 Å². The number of aromatic nitrogens is 2. The molecule has 1 fully saturated rings. The Balaban J connectivity index is 0.00000256. The molecule has 0 aliphatic carbocycles. The van der Waals surface area contributed by atoms with Crippen LogP contribution >= 0.6 is 23.7 Å². The fraction of sp³-hybridized carbons (Fsp3) is 0.409. The second-order valence-electron chi connectivity index (χ2n) is 7.47. The van der Waals surface area contributed by atoms with Crippen LogP contribution in [0.4, 0.5) is 0 Å². The van der Waals surface area contributed by atoms with Crippen LogP contribution in [0.15, 0.2) is 40.2 Å². The monoisotopic (exact) mass is 446 g/mol. The summed E-state index contributed by atoms with van der Waals surface area (Å²) in [6.07, 6.45) is 1.21. The zero-order valence-corrected chi connectivity index (χ0v) is 19.0. The molecule has 1 aliphatic rings. The molecule has 1 aromatic carbocycles. The summed E-state index contributed by atoms with van der Waals surface area (Å²) in [5.41, 5.74) is 4.22. The van der Waals surface area contributed by atoms with Gasteiger partial charge in [-0.15, -0.1) is 23.7 Å². The largest absolute Gasteiger partial charge is 0.361 e. The van der Waals surface area contributed by atoms with Gasteiger partial charge in [-0.1, -0.05) is 35.5 Å². The van der Waals surface area contributed by atoms with Crippen LogP contribution in [0.2, 0.25) is 0 Å². The number of carbonyl (C=O) groups excluding carboxylic acids is 1. The van der Waals surface area contributed by atoms with E-state index in [4.69, 9.17) is 9.51 Å². The van der Waals surface area contributed by atoms with Crippen LogP contribution in [0, 0.1) is 13.8 Å². The number of hydrogen-bond acceptors (Lipinski definition) is 6. The maximum Gasteiger partial charge on any atom is 0.222 e. The molecule has 0 spiro atoms. The fourth-order valence-electron chi connectivity index (χ4n) is 3.73. The first-order chi connectivity index (χ1) is 14.1. The lowest BCUT2D eigenvalue weighted by Crippen LogP contribution is -2.48. The second kappa shape index (κ2) is 10.2. The average molecular weight is 447 g/mol. The third-order valence-electron chi connectivity index (χ3n) is 5.45. The number of piperazine rings is 1. The number of carbonyl (C=O) groups is 1. The standard InChI is InChI=1S/C22H26N4O2S.ClH/c1-16-20(17(2)28-24-16)8-9-21(27)26-12-10-25(11-13-26)14-19-15-29-22(23-19)18-6-4-3-5-7-18;/h3-7,15H,8-14H2,1-2H3;1H. The first-order valence-electron chi connectivity index (χ1n) is 10.0. The van der Waals surface area contributed by atoms with Crippen LogP contribution in [-0.4, -0.2) is 52.0 Å². The minimum atomic E-state index is 0. The summed E-state index contributed by atoms with van der Waals surface area (Å²) in [7, 11) is 0. The van der Waals surface area contributed by atoms with Crippen molar-refractivity contribution in [1.82, 2.24) is 19.9 Å². The number of halogens is 1. The van der Waals surface area contributed by atoms with E-state index in [2.05, 4.69) is 27.6 Å². The van der Waals surface area contributed by atoms with Crippen molar-refractivity contribution in [3.8, 4) is 10.6 Å². The summed E-state index contributed by atoms with van der Waals surface area (Å²) < 4.78 is 5.19. The molecule has 8 heteroatoms. The minimum Gasteiger partial charge on any atom is -0.361 e. The summed E-state index contributed by atoms with van der Waals surface area (Å²) in [5.74, 6) is 1.03. The van der Waals surface area contributed by atoms with Gasteiger partial charge in [-0.25, -0.2) is 4.98 Å². The molecule has 0 N–H and O–H groups in total. The van der Waals surface area contributed by atoms with E-state index < -0.39 is 0 Å². The normalized spacial score (nSPS) is 14.5. The van der Waals surface area contributed by atoms with Crippen LogP contribution < -0.4 is 0 Å². The molecule has 3 aromatic rings. The second-order valence-corrected chi connectivity index (χ2v) is 8.33. The van der Waals surface area contributed by atoms with Crippen molar-refractivity contribution in [1.29, 1.82) is 0 Å². The smallest absolute Gasteiger partial charge is 0.222 e. The molecule has 6 nitrogen and oxygen atoms in total. The van der Waals surface area contributed by atoms with E-state index >= 15 is 0 Å². The van der Waals surface area contributed by atoms with E-state index in [9.17, 15) is 4.79 Å². The van der Waals surface area contributed by atoms with Gasteiger partial charge in [-0.2, -0.15) is 0 Å². The van der Waals surface area contributed by atoms with Crippen molar-refractivity contribution in [2.75, 3.05) is 26.2 Å². The average Bonchev–Trinajstić information content (AvgIpc) is 3.34. The predicted molar refractivity (Wildman–Crippen MR) is 121 cm³/mol. The molecule has 4 rings (SSSR count). The lowest BCUT2D eigenvalue weighted by atomic mass is 10.1. The molecule has 0 bridgehead atoms. The molecule has 160 valence electrons. The molecule has 1 amide bonds. The lowest BCUT2D eigenvalue weighted by Gasteiger charge is -2.34. The topological polar surface area (TPSA) is 62.5 Å². The summed E-state index contributed by atoms with van der Waals surface area (Å²) >= 11 is 1.69. The van der Waals surface area contributed by atoms with E-state index in [1.54, 1.807) is 11.3 Å². The van der Waals surface area contributed by atoms with Crippen molar-refractivity contribution < 1.29 is 9.32 Å². The van der Waals surface area contributed by atoms with Gasteiger partial charge in [0, 0.05) is 55.7 Å². The highest BCUT2D eigenvalue weighted by atomic mass is 35.5. The van der Waals surface area contributed by atoms with Gasteiger partial charge in [-0.05, 0) is 20.3 Å². The Bertz CT molecular complexity index is 945. The highest BCUT2D eigenvalue weighted by Crippen LogP contribution is 2.24. The molecule has 0 atom stereocenters. The molecule has 1 saturated heterocycles. The Morgan fingerprint density at radius 1 is 1.13 bits per heavy atom. The quantitative estimate of drug-likeness (QED) is 0.570. The van der Waals surface area contributed by atoms with Gasteiger partial charge < -0.3 is 9.42 Å². The highest BCUT2D eigenvalue weighted by Gasteiger charge is 2.22. The maximum atomic E-state index is 12.6. The summed E-state index contributed by atoms with van der Waals surface area (Å²) in [5, 5.41) is 7.17. The van der Waals surface area contributed by atoms with Crippen molar-refractivity contribution >= 4 is 29.7 Å². The molecular weight excluding hydrogens is 420 g/mol. The molecule has 3 heterocycles. The van der Waals surface area contributed by atoms with Crippen LogP contribution in [0.3, 0.4) is 0 Å². The van der Waals surface area contributed by atoms with Crippen molar-refractivity contribution in [2.24, 2.45) is 0 Å². The minimum absolute atomic E-state index is 0. The maximum absolute atomic E-state index is 12.6. The van der Waals surface area contributed by atoms with Gasteiger partial charge in [-0.3, -0.25) is 9.69 Å². The van der Waals surface area contributed by atoms with Crippen LogP contribution in [-0.2, 0) is 17.8 Å². The van der Waals surface area contributed by atoms with Gasteiger partial charge in [0.2, 0.25) is 5.91 Å². The summed E-state index contributed by atoms with van der Waals surface area (Å²) in [6, 6.07) is 10.3. The van der Waals surface area contributed by atoms with Crippen molar-refractivity contribution in [3.63, 3.8) is 0 Å². The number of amides is 1. The van der Waals surface area contributed by atoms with E-state index in [1.165, 1.54) is 0 Å². The summed E-state index contributed by atoms with van der Waals surface area (Å²) in [4.78, 5) is 21.7. The Kier molecular flexibility index (Phi) is 7.64. The zero-order valence-electron chi connectivity index (χ0n) is 17.3. The Labute approximate surface area is 187 Å². The molecule has 2 aromatic heterocycles. The molecule has 1 aliphatic heterocycles. The van der Waals surface area contributed by atoms with Gasteiger partial charge in [0.1, 0.15) is 10.8 Å². The zero-order chi connectivity index (χ0) is 20.2. The number of hydrogen-bond donors (Lipinski definition) is 0. The molecule has 0 unspecified atom stereocenters. The third kappa shape index (κ3) is 5.28. The highest BCUT2D eigenvalue weighted by molar-refractivity contribution is 7.13. The molecule has 0 saturated carbocycles. The number of benzene rings is 1. The Morgan fingerprint density at radius 3 is 2.53 bits per heavy atom. The SMILES string of the molecule is Cc1noc(C)c1CCC(=O)N1CCN(Cc2csc(-c3ccccc3)n2)CC1.Cl. The van der Waals surface area contributed by atoms with Crippen LogP contribution in [0.1, 0.15) is 29.1 Å². The first kappa shape index (κ1) is 22.5. The van der Waals surface area contributed by atoms with E-state index in [0.717, 1.165) is 66.0 Å². The van der Waals surface area contributed by atoms with E-state index in [0.29, 0.717) is 12.8 Å². The Hall–Kier alpha value is -2.22. The molecular formula is C22H27ClN4O2S. The number of nitrogens with zero attached hydrogens (tertiary/aromatic N) is 4. The van der Waals surface area contributed by atoms with Gasteiger partial charge in [0.15, 0.2) is 0 Å².